The molecule has 0 aliphatic carbocycles. The SMILES string of the molecule is COc1ccc(C(C)NC(=O)N(O)C2CCN(C)CC2)c(Cl)c1Cl. The molecule has 1 saturated heterocycles. The highest BCUT2D eigenvalue weighted by atomic mass is 35.5. The minimum atomic E-state index is -0.542. The van der Waals surface area contributed by atoms with E-state index in [1.54, 1.807) is 19.1 Å². The van der Waals surface area contributed by atoms with Crippen molar-refractivity contribution in [2.45, 2.75) is 31.8 Å². The number of halogens is 2. The van der Waals surface area contributed by atoms with Crippen molar-refractivity contribution in [3.63, 3.8) is 0 Å². The highest BCUT2D eigenvalue weighted by molar-refractivity contribution is 6.43. The van der Waals surface area contributed by atoms with Gasteiger partial charge in [-0.25, -0.2) is 9.86 Å². The van der Waals surface area contributed by atoms with Crippen LogP contribution in [0.3, 0.4) is 0 Å². The van der Waals surface area contributed by atoms with Gasteiger partial charge in [-0.2, -0.15) is 0 Å². The average Bonchev–Trinajstić information content (AvgIpc) is 2.57. The molecular weight excluding hydrogens is 353 g/mol. The zero-order valence-electron chi connectivity index (χ0n) is 14.1. The van der Waals surface area contributed by atoms with Crippen molar-refractivity contribution in [3.05, 3.63) is 27.7 Å². The molecule has 0 saturated carbocycles. The van der Waals surface area contributed by atoms with Crippen molar-refractivity contribution < 1.29 is 14.7 Å². The monoisotopic (exact) mass is 375 g/mol. The second-order valence-corrected chi connectivity index (χ2v) is 6.79. The van der Waals surface area contributed by atoms with Crippen LogP contribution in [0, 0.1) is 0 Å². The number of rotatable bonds is 4. The molecule has 1 aromatic carbocycles. The molecule has 1 fully saturated rings. The van der Waals surface area contributed by atoms with Gasteiger partial charge in [0.1, 0.15) is 10.8 Å². The van der Waals surface area contributed by atoms with Crippen LogP contribution in [0.1, 0.15) is 31.4 Å². The number of methoxy groups -OCH3 is 1. The molecule has 1 aliphatic rings. The number of ether oxygens (including phenoxy) is 1. The number of likely N-dealkylation sites (tertiary alicyclic amines) is 1. The van der Waals surface area contributed by atoms with Gasteiger partial charge in [0.05, 0.1) is 24.2 Å². The fraction of sp³-hybridized carbons (Fsp3) is 0.562. The molecule has 0 radical (unpaired) electrons. The Labute approximate surface area is 152 Å². The molecule has 1 atom stereocenters. The first-order valence-electron chi connectivity index (χ1n) is 7.84. The second kappa shape index (κ2) is 8.25. The van der Waals surface area contributed by atoms with Gasteiger partial charge in [-0.15, -0.1) is 0 Å². The number of nitrogens with zero attached hydrogens (tertiary/aromatic N) is 2. The first kappa shape index (κ1) is 19.1. The van der Waals surface area contributed by atoms with Gasteiger partial charge in [0.2, 0.25) is 0 Å². The smallest absolute Gasteiger partial charge is 0.341 e. The Balaban J connectivity index is 2.02. The van der Waals surface area contributed by atoms with Gasteiger partial charge in [0, 0.05) is 0 Å². The number of carbonyl (C=O) groups excluding carboxylic acids is 1. The van der Waals surface area contributed by atoms with Gasteiger partial charge in [0.25, 0.3) is 0 Å². The quantitative estimate of drug-likeness (QED) is 0.623. The maximum Gasteiger partial charge on any atom is 0.341 e. The van der Waals surface area contributed by atoms with Crippen molar-refractivity contribution in [2.75, 3.05) is 27.2 Å². The summed E-state index contributed by atoms with van der Waals surface area (Å²) in [4.78, 5) is 14.4. The van der Waals surface area contributed by atoms with Crippen LogP contribution in [0.5, 0.6) is 5.75 Å². The molecule has 134 valence electrons. The molecule has 1 heterocycles. The van der Waals surface area contributed by atoms with Crippen LogP contribution in [0.2, 0.25) is 10.0 Å². The van der Waals surface area contributed by atoms with Gasteiger partial charge in [-0.05, 0) is 51.5 Å². The molecule has 0 aromatic heterocycles. The number of benzene rings is 1. The highest BCUT2D eigenvalue weighted by Crippen LogP contribution is 2.37. The molecule has 24 heavy (non-hydrogen) atoms. The zero-order chi connectivity index (χ0) is 17.9. The first-order chi connectivity index (χ1) is 11.3. The summed E-state index contributed by atoms with van der Waals surface area (Å²) in [5, 5.41) is 14.3. The summed E-state index contributed by atoms with van der Waals surface area (Å²) >= 11 is 12.4. The third-order valence-electron chi connectivity index (χ3n) is 4.35. The van der Waals surface area contributed by atoms with Gasteiger partial charge in [-0.1, -0.05) is 29.3 Å². The minimum Gasteiger partial charge on any atom is -0.495 e. The molecule has 2 N–H and O–H groups in total. The number of nitrogens with one attached hydrogen (secondary N) is 1. The summed E-state index contributed by atoms with van der Waals surface area (Å²) in [5.41, 5.74) is 0.660. The standard InChI is InChI=1S/C16H23Cl2N3O3/c1-10(12-4-5-13(24-3)15(18)14(12)17)19-16(22)21(23)11-6-8-20(2)9-7-11/h4-5,10-11,23H,6-9H2,1-3H3,(H,19,22). The van der Waals surface area contributed by atoms with E-state index >= 15 is 0 Å². The summed E-state index contributed by atoms with van der Waals surface area (Å²) in [6, 6.07) is 2.31. The number of hydrogen-bond acceptors (Lipinski definition) is 4. The van der Waals surface area contributed by atoms with E-state index in [4.69, 9.17) is 27.9 Å². The second-order valence-electron chi connectivity index (χ2n) is 6.04. The molecule has 6 nitrogen and oxygen atoms in total. The molecule has 0 bridgehead atoms. The molecule has 1 unspecified atom stereocenters. The van der Waals surface area contributed by atoms with E-state index in [1.165, 1.54) is 7.11 Å². The van der Waals surface area contributed by atoms with Gasteiger partial charge >= 0.3 is 6.03 Å². The highest BCUT2D eigenvalue weighted by Gasteiger charge is 2.27. The molecular formula is C16H23Cl2N3O3. The van der Waals surface area contributed by atoms with E-state index < -0.39 is 12.1 Å². The number of hydrogen-bond donors (Lipinski definition) is 2. The van der Waals surface area contributed by atoms with Crippen LogP contribution in [0.4, 0.5) is 4.79 Å². The van der Waals surface area contributed by atoms with Crippen LogP contribution < -0.4 is 10.1 Å². The Hall–Kier alpha value is -1.21. The van der Waals surface area contributed by atoms with Gasteiger partial charge in [-0.3, -0.25) is 5.21 Å². The van der Waals surface area contributed by atoms with Crippen LogP contribution in [0.25, 0.3) is 0 Å². The maximum atomic E-state index is 12.3. The number of amides is 2. The fourth-order valence-electron chi connectivity index (χ4n) is 2.77. The molecule has 8 heteroatoms. The largest absolute Gasteiger partial charge is 0.495 e. The molecule has 1 aliphatic heterocycles. The average molecular weight is 376 g/mol. The number of hydroxylamine groups is 2. The maximum absolute atomic E-state index is 12.3. The van der Waals surface area contributed by atoms with E-state index in [1.807, 2.05) is 7.05 Å². The van der Waals surface area contributed by atoms with E-state index in [2.05, 4.69) is 10.2 Å². The summed E-state index contributed by atoms with van der Waals surface area (Å²) < 4.78 is 5.11. The lowest BCUT2D eigenvalue weighted by atomic mass is 10.1. The Bertz CT molecular complexity index is 592. The summed E-state index contributed by atoms with van der Waals surface area (Å²) in [5.74, 6) is 0.471. The first-order valence-corrected chi connectivity index (χ1v) is 8.59. The third kappa shape index (κ3) is 4.25. The van der Waals surface area contributed by atoms with Gasteiger partial charge in [0.15, 0.2) is 0 Å². The number of piperidine rings is 1. The Morgan fingerprint density at radius 2 is 2.00 bits per heavy atom. The van der Waals surface area contributed by atoms with E-state index in [0.717, 1.165) is 31.0 Å². The minimum absolute atomic E-state index is 0.177. The molecule has 2 rings (SSSR count). The Morgan fingerprint density at radius 1 is 1.38 bits per heavy atom. The lowest BCUT2D eigenvalue weighted by molar-refractivity contribution is -0.0919. The van der Waals surface area contributed by atoms with Crippen LogP contribution >= 0.6 is 23.2 Å². The van der Waals surface area contributed by atoms with E-state index in [9.17, 15) is 10.0 Å². The van der Waals surface area contributed by atoms with Gasteiger partial charge < -0.3 is 15.0 Å². The normalized spacial score (nSPS) is 17.4. The number of urea groups is 1. The predicted octanol–water partition coefficient (Wildman–Crippen LogP) is 3.56. The molecule has 2 amide bonds. The lowest BCUT2D eigenvalue weighted by Crippen LogP contribution is -2.48. The fourth-order valence-corrected chi connectivity index (χ4v) is 3.34. The lowest BCUT2D eigenvalue weighted by Gasteiger charge is -2.33. The molecule has 0 spiro atoms. The zero-order valence-corrected chi connectivity index (χ0v) is 15.6. The van der Waals surface area contributed by atoms with Crippen molar-refractivity contribution >= 4 is 29.2 Å². The number of carbonyl (C=O) groups is 1. The van der Waals surface area contributed by atoms with Crippen molar-refractivity contribution in [1.29, 1.82) is 0 Å². The third-order valence-corrected chi connectivity index (χ3v) is 5.22. The van der Waals surface area contributed by atoms with Crippen molar-refractivity contribution in [3.8, 4) is 5.75 Å². The molecule has 1 aromatic rings. The summed E-state index contributed by atoms with van der Waals surface area (Å²) in [6.07, 6.45) is 1.48. The van der Waals surface area contributed by atoms with Crippen molar-refractivity contribution in [2.24, 2.45) is 0 Å². The predicted molar refractivity (Wildman–Crippen MR) is 94.1 cm³/mol. The Kier molecular flexibility index (Phi) is 6.57. The van der Waals surface area contributed by atoms with Crippen LogP contribution in [0.15, 0.2) is 12.1 Å². The van der Waals surface area contributed by atoms with E-state index in [-0.39, 0.29) is 6.04 Å². The van der Waals surface area contributed by atoms with Crippen LogP contribution in [-0.4, -0.2) is 54.5 Å². The van der Waals surface area contributed by atoms with E-state index in [0.29, 0.717) is 21.4 Å². The topological polar surface area (TPSA) is 65.0 Å². The summed E-state index contributed by atoms with van der Waals surface area (Å²) in [7, 11) is 3.53. The van der Waals surface area contributed by atoms with Crippen molar-refractivity contribution in [1.82, 2.24) is 15.3 Å². The van der Waals surface area contributed by atoms with Crippen LogP contribution in [-0.2, 0) is 0 Å². The summed E-state index contributed by atoms with van der Waals surface area (Å²) in [6.45, 7) is 3.49. The Morgan fingerprint density at radius 3 is 2.58 bits per heavy atom.